The SMILES string of the molecule is C=CCNS(=O)(=O)c1ccc(C(=O)NC(C)C(=O)N2CCS(=O)(=O)CC2)cc1. The molecule has 2 rings (SSSR count). The molecule has 1 aromatic carbocycles. The fraction of sp³-hybridized carbons (Fsp3) is 0.412. The molecule has 0 aliphatic carbocycles. The standard InChI is InChI=1S/C17H23N3O6S2/c1-3-8-18-28(25,26)15-6-4-14(5-7-15)16(21)19-13(2)17(22)20-9-11-27(23,24)12-10-20/h3-7,13,18H,1,8-12H2,2H3,(H,19,21). The minimum Gasteiger partial charge on any atom is -0.341 e. The molecule has 9 nitrogen and oxygen atoms in total. The van der Waals surface area contributed by atoms with E-state index in [0.29, 0.717) is 0 Å². The second-order valence-corrected chi connectivity index (χ2v) is 10.4. The third kappa shape index (κ3) is 5.63. The van der Waals surface area contributed by atoms with E-state index in [1.165, 1.54) is 42.2 Å². The Hall–Kier alpha value is -2.24. The van der Waals surface area contributed by atoms with E-state index in [4.69, 9.17) is 0 Å². The van der Waals surface area contributed by atoms with Gasteiger partial charge in [-0.05, 0) is 31.2 Å². The van der Waals surface area contributed by atoms with Gasteiger partial charge in [-0.15, -0.1) is 6.58 Å². The van der Waals surface area contributed by atoms with Crippen molar-refractivity contribution in [2.24, 2.45) is 0 Å². The second kappa shape index (κ2) is 8.84. The number of rotatable bonds is 7. The van der Waals surface area contributed by atoms with E-state index in [1.807, 2.05) is 0 Å². The van der Waals surface area contributed by atoms with Gasteiger partial charge in [0.25, 0.3) is 5.91 Å². The molecule has 11 heteroatoms. The summed E-state index contributed by atoms with van der Waals surface area (Å²) in [5.41, 5.74) is 0.198. The van der Waals surface area contributed by atoms with Crippen LogP contribution < -0.4 is 10.0 Å². The van der Waals surface area contributed by atoms with Crippen molar-refractivity contribution in [2.75, 3.05) is 31.1 Å². The molecule has 28 heavy (non-hydrogen) atoms. The van der Waals surface area contributed by atoms with Crippen LogP contribution in [0, 0.1) is 0 Å². The normalized spacial score (nSPS) is 17.5. The second-order valence-electron chi connectivity index (χ2n) is 6.34. The van der Waals surface area contributed by atoms with Gasteiger partial charge in [-0.1, -0.05) is 6.08 Å². The quantitative estimate of drug-likeness (QED) is 0.564. The summed E-state index contributed by atoms with van der Waals surface area (Å²) >= 11 is 0. The van der Waals surface area contributed by atoms with E-state index in [2.05, 4.69) is 16.6 Å². The van der Waals surface area contributed by atoms with Gasteiger partial charge in [0.05, 0.1) is 16.4 Å². The van der Waals surface area contributed by atoms with Crippen molar-refractivity contribution in [3.8, 4) is 0 Å². The summed E-state index contributed by atoms with van der Waals surface area (Å²) in [6, 6.07) is 4.45. The van der Waals surface area contributed by atoms with E-state index in [1.54, 1.807) is 0 Å². The maximum atomic E-state index is 12.4. The lowest BCUT2D eigenvalue weighted by atomic mass is 10.2. The predicted octanol–water partition coefficient (Wildman–Crippen LogP) is -0.474. The molecule has 1 atom stereocenters. The smallest absolute Gasteiger partial charge is 0.251 e. The topological polar surface area (TPSA) is 130 Å². The van der Waals surface area contributed by atoms with Crippen molar-refractivity contribution in [3.05, 3.63) is 42.5 Å². The van der Waals surface area contributed by atoms with E-state index >= 15 is 0 Å². The molecule has 0 saturated carbocycles. The number of hydrogen-bond donors (Lipinski definition) is 2. The molecule has 1 fully saturated rings. The number of amides is 2. The maximum Gasteiger partial charge on any atom is 0.251 e. The number of benzene rings is 1. The van der Waals surface area contributed by atoms with Crippen LogP contribution in [0.5, 0.6) is 0 Å². The highest BCUT2D eigenvalue weighted by Crippen LogP contribution is 2.11. The number of sulfone groups is 1. The Morgan fingerprint density at radius 1 is 1.21 bits per heavy atom. The number of carbonyl (C=O) groups excluding carboxylic acids is 2. The zero-order valence-electron chi connectivity index (χ0n) is 15.4. The summed E-state index contributed by atoms with van der Waals surface area (Å²) in [4.78, 5) is 26.1. The first-order valence-electron chi connectivity index (χ1n) is 8.56. The zero-order chi connectivity index (χ0) is 20.9. The first-order chi connectivity index (χ1) is 13.1. The lowest BCUT2D eigenvalue weighted by molar-refractivity contribution is -0.132. The predicted molar refractivity (Wildman–Crippen MR) is 104 cm³/mol. The number of carbonyl (C=O) groups is 2. The average molecular weight is 430 g/mol. The van der Waals surface area contributed by atoms with Crippen LogP contribution in [0.4, 0.5) is 0 Å². The van der Waals surface area contributed by atoms with Crippen molar-refractivity contribution >= 4 is 31.7 Å². The monoisotopic (exact) mass is 429 g/mol. The van der Waals surface area contributed by atoms with Crippen LogP contribution >= 0.6 is 0 Å². The van der Waals surface area contributed by atoms with E-state index in [0.717, 1.165) is 0 Å². The van der Waals surface area contributed by atoms with Gasteiger partial charge in [0.1, 0.15) is 6.04 Å². The van der Waals surface area contributed by atoms with Crippen molar-refractivity contribution in [1.82, 2.24) is 14.9 Å². The minimum atomic E-state index is -3.69. The molecule has 2 N–H and O–H groups in total. The maximum absolute atomic E-state index is 12.4. The molecule has 1 aliphatic heterocycles. The number of hydrogen-bond acceptors (Lipinski definition) is 6. The zero-order valence-corrected chi connectivity index (χ0v) is 17.1. The summed E-state index contributed by atoms with van der Waals surface area (Å²) in [6.07, 6.45) is 1.41. The molecule has 154 valence electrons. The van der Waals surface area contributed by atoms with E-state index < -0.39 is 31.8 Å². The lowest BCUT2D eigenvalue weighted by Crippen LogP contribution is -2.51. The van der Waals surface area contributed by atoms with Crippen LogP contribution in [0.3, 0.4) is 0 Å². The van der Waals surface area contributed by atoms with Crippen LogP contribution in [0.25, 0.3) is 0 Å². The van der Waals surface area contributed by atoms with Gasteiger partial charge in [-0.3, -0.25) is 9.59 Å². The molecule has 1 aliphatic rings. The van der Waals surface area contributed by atoms with Crippen LogP contribution in [0.1, 0.15) is 17.3 Å². The van der Waals surface area contributed by atoms with Crippen LogP contribution in [0.15, 0.2) is 41.8 Å². The van der Waals surface area contributed by atoms with Crippen LogP contribution in [-0.4, -0.2) is 70.7 Å². The molecular weight excluding hydrogens is 406 g/mol. The minimum absolute atomic E-state index is 0.00421. The molecular formula is C17H23N3O6S2. The van der Waals surface area contributed by atoms with Gasteiger partial charge in [0.2, 0.25) is 15.9 Å². The van der Waals surface area contributed by atoms with Gasteiger partial charge in [-0.2, -0.15) is 0 Å². The molecule has 1 heterocycles. The van der Waals surface area contributed by atoms with Crippen molar-refractivity contribution in [2.45, 2.75) is 17.9 Å². The largest absolute Gasteiger partial charge is 0.341 e. The van der Waals surface area contributed by atoms with Gasteiger partial charge in [-0.25, -0.2) is 21.6 Å². The average Bonchev–Trinajstić information content (AvgIpc) is 2.66. The third-order valence-electron chi connectivity index (χ3n) is 4.22. The van der Waals surface area contributed by atoms with E-state index in [-0.39, 0.29) is 47.5 Å². The molecule has 0 bridgehead atoms. The van der Waals surface area contributed by atoms with Gasteiger partial charge in [0.15, 0.2) is 9.84 Å². The summed E-state index contributed by atoms with van der Waals surface area (Å²) in [6.45, 7) is 5.24. The Labute approximate surface area is 164 Å². The molecule has 1 aromatic rings. The first kappa shape index (κ1) is 22.1. The van der Waals surface area contributed by atoms with Gasteiger partial charge < -0.3 is 10.2 Å². The Morgan fingerprint density at radius 2 is 1.79 bits per heavy atom. The molecule has 2 amide bonds. The molecule has 0 spiro atoms. The van der Waals surface area contributed by atoms with E-state index in [9.17, 15) is 26.4 Å². The van der Waals surface area contributed by atoms with Gasteiger partial charge >= 0.3 is 0 Å². The number of nitrogens with zero attached hydrogens (tertiary/aromatic N) is 1. The van der Waals surface area contributed by atoms with Crippen molar-refractivity contribution < 1.29 is 26.4 Å². The Balaban J connectivity index is 1.98. The summed E-state index contributed by atoms with van der Waals surface area (Å²) in [7, 11) is -6.79. The molecule has 0 aromatic heterocycles. The van der Waals surface area contributed by atoms with Crippen molar-refractivity contribution in [3.63, 3.8) is 0 Å². The fourth-order valence-electron chi connectivity index (χ4n) is 2.59. The highest BCUT2D eigenvalue weighted by molar-refractivity contribution is 7.91. The highest BCUT2D eigenvalue weighted by atomic mass is 32.2. The molecule has 0 radical (unpaired) electrons. The Kier molecular flexibility index (Phi) is 6.96. The van der Waals surface area contributed by atoms with Gasteiger partial charge in [0, 0.05) is 25.2 Å². The number of nitrogens with one attached hydrogen (secondary N) is 2. The molecule has 1 saturated heterocycles. The third-order valence-corrected chi connectivity index (χ3v) is 7.27. The molecule has 1 unspecified atom stereocenters. The summed E-state index contributed by atoms with van der Waals surface area (Å²) < 4.78 is 49.2. The summed E-state index contributed by atoms with van der Waals surface area (Å²) in [5, 5.41) is 2.55. The summed E-state index contributed by atoms with van der Waals surface area (Å²) in [5.74, 6) is -1.07. The lowest BCUT2D eigenvalue weighted by Gasteiger charge is -2.29. The van der Waals surface area contributed by atoms with Crippen molar-refractivity contribution in [1.29, 1.82) is 0 Å². The first-order valence-corrected chi connectivity index (χ1v) is 11.9. The number of sulfonamides is 1. The van der Waals surface area contributed by atoms with Crippen LogP contribution in [0.2, 0.25) is 0 Å². The Morgan fingerprint density at radius 3 is 2.32 bits per heavy atom. The fourth-order valence-corrected chi connectivity index (χ4v) is 4.79. The Bertz CT molecular complexity index is 941. The van der Waals surface area contributed by atoms with Crippen LogP contribution in [-0.2, 0) is 24.7 Å². The highest BCUT2D eigenvalue weighted by Gasteiger charge is 2.28.